The van der Waals surface area contributed by atoms with Crippen LogP contribution in [0.2, 0.25) is 0 Å². The van der Waals surface area contributed by atoms with Gasteiger partial charge in [-0.25, -0.2) is 0 Å². The summed E-state index contributed by atoms with van der Waals surface area (Å²) in [4.78, 5) is 23.9. The monoisotopic (exact) mass is 299 g/mol. The first-order valence-electron chi connectivity index (χ1n) is 7.30. The molecule has 2 N–H and O–H groups in total. The van der Waals surface area contributed by atoms with Gasteiger partial charge in [0.2, 0.25) is 17.8 Å². The highest BCUT2D eigenvalue weighted by Gasteiger charge is 2.24. The number of rotatable bonds is 3. The molecule has 0 radical (unpaired) electrons. The molecule has 1 fully saturated rings. The van der Waals surface area contributed by atoms with Crippen LogP contribution in [0.15, 0.2) is 36.7 Å². The maximum Gasteiger partial charge on any atom is 0.249 e. The van der Waals surface area contributed by atoms with E-state index in [0.717, 1.165) is 18.5 Å². The van der Waals surface area contributed by atoms with Crippen LogP contribution in [0.25, 0.3) is 5.69 Å². The number of carbonyl (C=O) groups is 2. The number of para-hydroxylation sites is 1. The van der Waals surface area contributed by atoms with E-state index >= 15 is 0 Å². The summed E-state index contributed by atoms with van der Waals surface area (Å²) < 4.78 is 1.69. The standard InChI is InChI=1S/C15H17N5O2/c21-13-9-5-4-8-12(17-13)14(22)18-15-19-16-10-20(15)11-6-2-1-3-7-11/h1-3,6-7,10,12H,4-5,8-9H2,(H,17,21)(H,18,19,22). The number of hydrogen-bond acceptors (Lipinski definition) is 4. The Bertz CT molecular complexity index is 668. The molecular formula is C15H17N5O2. The van der Waals surface area contributed by atoms with E-state index in [2.05, 4.69) is 20.8 Å². The summed E-state index contributed by atoms with van der Waals surface area (Å²) in [5.74, 6) is -0.00250. The van der Waals surface area contributed by atoms with Crippen molar-refractivity contribution in [3.63, 3.8) is 0 Å². The van der Waals surface area contributed by atoms with E-state index in [-0.39, 0.29) is 11.8 Å². The van der Waals surface area contributed by atoms with Crippen molar-refractivity contribution >= 4 is 17.8 Å². The van der Waals surface area contributed by atoms with E-state index in [1.54, 1.807) is 4.57 Å². The summed E-state index contributed by atoms with van der Waals surface area (Å²) in [6.07, 6.45) is 4.32. The van der Waals surface area contributed by atoms with Crippen molar-refractivity contribution in [3.8, 4) is 5.69 Å². The number of carbonyl (C=O) groups excluding carboxylic acids is 2. The fraction of sp³-hybridized carbons (Fsp3) is 0.333. The van der Waals surface area contributed by atoms with Crippen LogP contribution in [0, 0.1) is 0 Å². The largest absolute Gasteiger partial charge is 0.344 e. The number of hydrogen-bond donors (Lipinski definition) is 2. The minimum atomic E-state index is -0.518. The Balaban J connectivity index is 1.75. The number of nitrogens with one attached hydrogen (secondary N) is 2. The summed E-state index contributed by atoms with van der Waals surface area (Å²) in [6.45, 7) is 0. The van der Waals surface area contributed by atoms with Gasteiger partial charge < -0.3 is 5.32 Å². The Morgan fingerprint density at radius 2 is 2.09 bits per heavy atom. The molecule has 2 aromatic rings. The average Bonchev–Trinajstić information content (AvgIpc) is 2.88. The Morgan fingerprint density at radius 3 is 2.91 bits per heavy atom. The third-order valence-corrected chi connectivity index (χ3v) is 3.62. The molecule has 1 atom stereocenters. The summed E-state index contributed by atoms with van der Waals surface area (Å²) in [6, 6.07) is 8.97. The molecule has 1 saturated heterocycles. The summed E-state index contributed by atoms with van der Waals surface area (Å²) >= 11 is 0. The predicted octanol–water partition coefficient (Wildman–Crippen LogP) is 1.26. The van der Waals surface area contributed by atoms with Crippen LogP contribution in [0.5, 0.6) is 0 Å². The van der Waals surface area contributed by atoms with E-state index in [4.69, 9.17) is 0 Å². The minimum Gasteiger partial charge on any atom is -0.344 e. The van der Waals surface area contributed by atoms with Gasteiger partial charge in [0.15, 0.2) is 0 Å². The molecule has 114 valence electrons. The first-order valence-corrected chi connectivity index (χ1v) is 7.30. The third kappa shape index (κ3) is 3.13. The maximum atomic E-state index is 12.3. The number of nitrogens with zero attached hydrogens (tertiary/aromatic N) is 3. The van der Waals surface area contributed by atoms with Crippen LogP contribution in [0.3, 0.4) is 0 Å². The molecule has 7 heteroatoms. The molecule has 2 heterocycles. The first kappa shape index (κ1) is 14.2. The molecule has 0 spiro atoms. The van der Waals surface area contributed by atoms with Crippen LogP contribution in [0.4, 0.5) is 5.95 Å². The fourth-order valence-corrected chi connectivity index (χ4v) is 2.46. The van der Waals surface area contributed by atoms with Gasteiger partial charge in [0.05, 0.1) is 5.69 Å². The van der Waals surface area contributed by atoms with Crippen LogP contribution in [0.1, 0.15) is 25.7 Å². The molecule has 1 aromatic carbocycles. The summed E-state index contributed by atoms with van der Waals surface area (Å²) in [5, 5.41) is 13.3. The maximum absolute atomic E-state index is 12.3. The Labute approximate surface area is 127 Å². The van der Waals surface area contributed by atoms with Crippen LogP contribution < -0.4 is 10.6 Å². The van der Waals surface area contributed by atoms with Gasteiger partial charge in [0, 0.05) is 6.42 Å². The molecule has 7 nitrogen and oxygen atoms in total. The van der Waals surface area contributed by atoms with Crippen LogP contribution in [-0.2, 0) is 9.59 Å². The van der Waals surface area contributed by atoms with E-state index in [1.807, 2.05) is 30.3 Å². The normalized spacial score (nSPS) is 18.4. The molecule has 1 aliphatic heterocycles. The Morgan fingerprint density at radius 1 is 1.27 bits per heavy atom. The third-order valence-electron chi connectivity index (χ3n) is 3.62. The highest BCUT2D eigenvalue weighted by molar-refractivity contribution is 5.96. The van der Waals surface area contributed by atoms with Gasteiger partial charge >= 0.3 is 0 Å². The molecule has 0 bridgehead atoms. The van der Waals surface area contributed by atoms with Crippen molar-refractivity contribution in [3.05, 3.63) is 36.7 Å². The second-order valence-electron chi connectivity index (χ2n) is 5.22. The molecule has 0 aliphatic carbocycles. The van der Waals surface area contributed by atoms with E-state index in [0.29, 0.717) is 18.8 Å². The van der Waals surface area contributed by atoms with Gasteiger partial charge in [-0.3, -0.25) is 19.5 Å². The average molecular weight is 299 g/mol. The van der Waals surface area contributed by atoms with Crippen LogP contribution in [-0.4, -0.2) is 32.6 Å². The molecule has 0 saturated carbocycles. The summed E-state index contributed by atoms with van der Waals surface area (Å²) in [5.41, 5.74) is 0.854. The zero-order chi connectivity index (χ0) is 15.4. The second kappa shape index (κ2) is 6.38. The second-order valence-corrected chi connectivity index (χ2v) is 5.22. The van der Waals surface area contributed by atoms with E-state index in [1.165, 1.54) is 6.33 Å². The van der Waals surface area contributed by atoms with Crippen LogP contribution >= 0.6 is 0 Å². The first-order chi connectivity index (χ1) is 10.7. The number of anilines is 1. The van der Waals surface area contributed by atoms with E-state index < -0.39 is 6.04 Å². The lowest BCUT2D eigenvalue weighted by Gasteiger charge is -2.15. The number of amides is 2. The number of benzene rings is 1. The van der Waals surface area contributed by atoms with Crippen molar-refractivity contribution in [2.24, 2.45) is 0 Å². The Kier molecular flexibility index (Phi) is 4.13. The Hall–Kier alpha value is -2.70. The topological polar surface area (TPSA) is 88.9 Å². The van der Waals surface area contributed by atoms with Crippen molar-refractivity contribution in [1.29, 1.82) is 0 Å². The minimum absolute atomic E-state index is 0.0813. The van der Waals surface area contributed by atoms with Crippen molar-refractivity contribution in [2.75, 3.05) is 5.32 Å². The van der Waals surface area contributed by atoms with Gasteiger partial charge in [0.1, 0.15) is 12.4 Å². The molecule has 1 unspecified atom stereocenters. The van der Waals surface area contributed by atoms with Gasteiger partial charge in [-0.15, -0.1) is 10.2 Å². The van der Waals surface area contributed by atoms with Gasteiger partial charge in [-0.1, -0.05) is 24.6 Å². The van der Waals surface area contributed by atoms with Crippen molar-refractivity contribution in [2.45, 2.75) is 31.7 Å². The van der Waals surface area contributed by atoms with Gasteiger partial charge in [-0.2, -0.15) is 0 Å². The molecule has 1 aliphatic rings. The van der Waals surface area contributed by atoms with Gasteiger partial charge in [0.25, 0.3) is 0 Å². The van der Waals surface area contributed by atoms with Gasteiger partial charge in [-0.05, 0) is 25.0 Å². The highest BCUT2D eigenvalue weighted by Crippen LogP contribution is 2.15. The summed E-state index contributed by atoms with van der Waals surface area (Å²) in [7, 11) is 0. The highest BCUT2D eigenvalue weighted by atomic mass is 16.2. The zero-order valence-corrected chi connectivity index (χ0v) is 12.0. The molecule has 2 amide bonds. The molecular weight excluding hydrogens is 282 g/mol. The molecule has 22 heavy (non-hydrogen) atoms. The quantitative estimate of drug-likeness (QED) is 0.893. The molecule has 3 rings (SSSR count). The lowest BCUT2D eigenvalue weighted by Crippen LogP contribution is -2.42. The lowest BCUT2D eigenvalue weighted by molar-refractivity contribution is -0.126. The fourth-order valence-electron chi connectivity index (χ4n) is 2.46. The molecule has 1 aromatic heterocycles. The van der Waals surface area contributed by atoms with Crippen molar-refractivity contribution in [1.82, 2.24) is 20.1 Å². The lowest BCUT2D eigenvalue weighted by atomic mass is 10.1. The van der Waals surface area contributed by atoms with E-state index in [9.17, 15) is 9.59 Å². The SMILES string of the molecule is O=C1CCCCC(C(=O)Nc2nncn2-c2ccccc2)N1. The van der Waals surface area contributed by atoms with Crippen molar-refractivity contribution < 1.29 is 9.59 Å². The zero-order valence-electron chi connectivity index (χ0n) is 12.0. The number of aromatic nitrogens is 3. The smallest absolute Gasteiger partial charge is 0.249 e. The predicted molar refractivity (Wildman–Crippen MR) is 80.4 cm³/mol.